The van der Waals surface area contributed by atoms with Crippen LogP contribution in [0.25, 0.3) is 0 Å². The van der Waals surface area contributed by atoms with Crippen molar-refractivity contribution in [2.24, 2.45) is 0 Å². The zero-order valence-electron chi connectivity index (χ0n) is 10.5. The minimum atomic E-state index is -0.712. The van der Waals surface area contributed by atoms with Crippen molar-refractivity contribution in [3.63, 3.8) is 0 Å². The zero-order chi connectivity index (χ0) is 12.9. The van der Waals surface area contributed by atoms with Crippen LogP contribution in [0.1, 0.15) is 20.3 Å². The maximum absolute atomic E-state index is 11.0. The van der Waals surface area contributed by atoms with E-state index >= 15 is 0 Å². The van der Waals surface area contributed by atoms with Crippen molar-refractivity contribution in [1.29, 1.82) is 0 Å². The molecule has 0 aromatic carbocycles. The molecule has 3 atom stereocenters. The third-order valence-corrected chi connectivity index (χ3v) is 2.46. The minimum absolute atomic E-state index is 0.0461. The van der Waals surface area contributed by atoms with E-state index in [1.54, 1.807) is 19.9 Å². The van der Waals surface area contributed by atoms with Crippen LogP contribution in [0.5, 0.6) is 0 Å². The predicted octanol–water partition coefficient (Wildman–Crippen LogP) is 1.27. The van der Waals surface area contributed by atoms with E-state index in [4.69, 9.17) is 18.9 Å². The molecule has 0 N–H and O–H groups in total. The summed E-state index contributed by atoms with van der Waals surface area (Å²) in [5.41, 5.74) is 0. The lowest BCUT2D eigenvalue weighted by Crippen LogP contribution is -2.38. The summed E-state index contributed by atoms with van der Waals surface area (Å²) in [6.45, 7) is 7.32. The molecule has 0 bridgehead atoms. The monoisotopic (exact) mass is 244 g/mol. The second-order valence-electron chi connectivity index (χ2n) is 4.34. The lowest BCUT2D eigenvalue weighted by molar-refractivity contribution is -0.170. The van der Waals surface area contributed by atoms with Gasteiger partial charge >= 0.3 is 0 Å². The molecule has 0 aromatic heterocycles. The number of carbonyl (C=O) groups excluding carboxylic acids is 1. The average Bonchev–Trinajstić information content (AvgIpc) is 2.56. The topological polar surface area (TPSA) is 54.0 Å². The van der Waals surface area contributed by atoms with E-state index in [-0.39, 0.29) is 12.9 Å². The molecule has 0 amide bonds. The van der Waals surface area contributed by atoms with Gasteiger partial charge in [-0.15, -0.1) is 6.58 Å². The van der Waals surface area contributed by atoms with Crippen LogP contribution >= 0.6 is 0 Å². The van der Waals surface area contributed by atoms with Gasteiger partial charge in [-0.05, 0) is 20.3 Å². The number of hydrogen-bond acceptors (Lipinski definition) is 5. The molecule has 1 saturated heterocycles. The third kappa shape index (κ3) is 3.89. The number of rotatable bonds is 7. The first-order chi connectivity index (χ1) is 8.04. The van der Waals surface area contributed by atoms with E-state index in [0.29, 0.717) is 12.7 Å². The molecule has 17 heavy (non-hydrogen) atoms. The Morgan fingerprint density at radius 1 is 1.47 bits per heavy atom. The van der Waals surface area contributed by atoms with E-state index in [0.717, 1.165) is 0 Å². The molecule has 0 saturated carbocycles. The highest BCUT2D eigenvalue weighted by atomic mass is 16.8. The van der Waals surface area contributed by atoms with E-state index in [1.807, 2.05) is 0 Å². The Hall–Kier alpha value is -0.750. The standard InChI is InChI=1S/C12H20O5/c1-5-6-9-11(17-12(2,3)16-9)10(7-13)15-8-14-4/h5,7,9-11H,1,6,8H2,2-4H3/t9-,10-,11+/m1/s1. The molecule has 0 unspecified atom stereocenters. The van der Waals surface area contributed by atoms with Crippen LogP contribution in [-0.2, 0) is 23.7 Å². The summed E-state index contributed by atoms with van der Waals surface area (Å²) in [4.78, 5) is 11.0. The van der Waals surface area contributed by atoms with Gasteiger partial charge in [0.1, 0.15) is 19.0 Å². The third-order valence-electron chi connectivity index (χ3n) is 2.46. The molecule has 0 aliphatic carbocycles. The van der Waals surface area contributed by atoms with Crippen LogP contribution in [-0.4, -0.2) is 44.3 Å². The number of hydrogen-bond donors (Lipinski definition) is 0. The Morgan fingerprint density at radius 2 is 2.18 bits per heavy atom. The normalized spacial score (nSPS) is 28.9. The first-order valence-corrected chi connectivity index (χ1v) is 5.56. The van der Waals surface area contributed by atoms with Crippen molar-refractivity contribution < 1.29 is 23.7 Å². The zero-order valence-corrected chi connectivity index (χ0v) is 10.5. The van der Waals surface area contributed by atoms with Crippen molar-refractivity contribution in [2.45, 2.75) is 44.4 Å². The van der Waals surface area contributed by atoms with E-state index in [1.165, 1.54) is 7.11 Å². The van der Waals surface area contributed by atoms with Crippen molar-refractivity contribution in [3.05, 3.63) is 12.7 Å². The summed E-state index contributed by atoms with van der Waals surface area (Å²) in [6.07, 6.45) is 1.70. The molecule has 1 aliphatic rings. The van der Waals surface area contributed by atoms with E-state index in [9.17, 15) is 4.79 Å². The highest BCUT2D eigenvalue weighted by molar-refractivity contribution is 5.57. The SMILES string of the molecule is C=CC[C@H]1OC(C)(C)O[C@@H]1[C@@H](C=O)OCOC. The largest absolute Gasteiger partial charge is 0.359 e. The summed E-state index contributed by atoms with van der Waals surface area (Å²) in [6, 6.07) is 0. The average molecular weight is 244 g/mol. The second kappa shape index (κ2) is 6.26. The molecular formula is C12H20O5. The van der Waals surface area contributed by atoms with Crippen molar-refractivity contribution in [1.82, 2.24) is 0 Å². The van der Waals surface area contributed by atoms with Gasteiger partial charge in [0, 0.05) is 7.11 Å². The number of ether oxygens (including phenoxy) is 4. The molecule has 0 radical (unpaired) electrons. The van der Waals surface area contributed by atoms with Gasteiger partial charge in [0.25, 0.3) is 0 Å². The van der Waals surface area contributed by atoms with E-state index in [2.05, 4.69) is 6.58 Å². The Labute approximate surface area is 102 Å². The fourth-order valence-electron chi connectivity index (χ4n) is 1.85. The predicted molar refractivity (Wildman–Crippen MR) is 61.5 cm³/mol. The van der Waals surface area contributed by atoms with E-state index < -0.39 is 18.0 Å². The quantitative estimate of drug-likeness (QED) is 0.383. The highest BCUT2D eigenvalue weighted by Gasteiger charge is 2.45. The Bertz CT molecular complexity index is 264. The fourth-order valence-corrected chi connectivity index (χ4v) is 1.85. The number of aldehydes is 1. The Morgan fingerprint density at radius 3 is 2.71 bits per heavy atom. The smallest absolute Gasteiger partial charge is 0.163 e. The van der Waals surface area contributed by atoms with Crippen LogP contribution in [0.2, 0.25) is 0 Å². The number of carbonyl (C=O) groups is 1. The molecule has 1 fully saturated rings. The molecular weight excluding hydrogens is 224 g/mol. The first-order valence-electron chi connectivity index (χ1n) is 5.56. The molecule has 1 rings (SSSR count). The van der Waals surface area contributed by atoms with Crippen molar-refractivity contribution >= 4 is 6.29 Å². The Kier molecular flexibility index (Phi) is 5.27. The molecule has 5 heteroatoms. The van der Waals surface area contributed by atoms with Crippen LogP contribution in [0.3, 0.4) is 0 Å². The maximum Gasteiger partial charge on any atom is 0.163 e. The lowest BCUT2D eigenvalue weighted by Gasteiger charge is -2.21. The van der Waals surface area contributed by atoms with Gasteiger partial charge in [-0.25, -0.2) is 0 Å². The Balaban J connectivity index is 2.69. The first kappa shape index (κ1) is 14.3. The van der Waals surface area contributed by atoms with Crippen molar-refractivity contribution in [3.8, 4) is 0 Å². The van der Waals surface area contributed by atoms with Gasteiger partial charge in [-0.3, -0.25) is 0 Å². The molecule has 1 aliphatic heterocycles. The van der Waals surface area contributed by atoms with Crippen LogP contribution in [0, 0.1) is 0 Å². The minimum Gasteiger partial charge on any atom is -0.359 e. The summed E-state index contributed by atoms with van der Waals surface area (Å²) in [5, 5.41) is 0. The van der Waals surface area contributed by atoms with Gasteiger partial charge in [-0.2, -0.15) is 0 Å². The lowest BCUT2D eigenvalue weighted by atomic mass is 10.1. The second-order valence-corrected chi connectivity index (χ2v) is 4.34. The van der Waals surface area contributed by atoms with Gasteiger partial charge in [0.2, 0.25) is 0 Å². The van der Waals surface area contributed by atoms with Gasteiger partial charge in [0.05, 0.1) is 6.10 Å². The molecule has 0 spiro atoms. The number of methoxy groups -OCH3 is 1. The summed E-state index contributed by atoms with van der Waals surface area (Å²) < 4.78 is 21.4. The summed E-state index contributed by atoms with van der Waals surface area (Å²) >= 11 is 0. The molecule has 98 valence electrons. The van der Waals surface area contributed by atoms with Gasteiger partial charge in [0.15, 0.2) is 12.1 Å². The van der Waals surface area contributed by atoms with Crippen LogP contribution < -0.4 is 0 Å². The summed E-state index contributed by atoms with van der Waals surface area (Å²) in [7, 11) is 1.50. The molecule has 1 heterocycles. The molecule has 5 nitrogen and oxygen atoms in total. The maximum atomic E-state index is 11.0. The van der Waals surface area contributed by atoms with Gasteiger partial charge in [-0.1, -0.05) is 6.08 Å². The van der Waals surface area contributed by atoms with Crippen molar-refractivity contribution in [2.75, 3.05) is 13.9 Å². The summed E-state index contributed by atoms with van der Waals surface area (Å²) in [5.74, 6) is -0.712. The molecule has 0 aromatic rings. The fraction of sp³-hybridized carbons (Fsp3) is 0.750. The van der Waals surface area contributed by atoms with Crippen LogP contribution in [0.15, 0.2) is 12.7 Å². The highest BCUT2D eigenvalue weighted by Crippen LogP contribution is 2.32. The van der Waals surface area contributed by atoms with Crippen LogP contribution in [0.4, 0.5) is 0 Å². The van der Waals surface area contributed by atoms with Gasteiger partial charge < -0.3 is 23.7 Å².